The second kappa shape index (κ2) is 6.02. The molecule has 0 saturated heterocycles. The van der Waals surface area contributed by atoms with E-state index in [1.807, 2.05) is 11.7 Å². The molecular weight excluding hydrogens is 258 g/mol. The normalized spacial score (nSPS) is 15.2. The monoisotopic (exact) mass is 283 g/mol. The first-order valence-electron chi connectivity index (χ1n) is 8.02. The Balaban J connectivity index is 1.85. The first-order chi connectivity index (χ1) is 10.2. The maximum atomic E-state index is 4.46. The standard InChI is InChI=1S/C18H25N3/c1-4-19-18(12-17-10-13(2)20-21(17)3)16-9-8-14-6-5-7-15(14)11-16/h8-11,18-19H,4-7,12H2,1-3H3. The molecule has 1 aromatic carbocycles. The van der Waals surface area contributed by atoms with Crippen molar-refractivity contribution in [2.45, 2.75) is 45.6 Å². The zero-order valence-corrected chi connectivity index (χ0v) is 13.3. The summed E-state index contributed by atoms with van der Waals surface area (Å²) in [6, 6.07) is 9.61. The van der Waals surface area contributed by atoms with E-state index in [9.17, 15) is 0 Å². The number of rotatable bonds is 5. The van der Waals surface area contributed by atoms with Crippen molar-refractivity contribution in [3.8, 4) is 0 Å². The Bertz CT molecular complexity index is 627. The van der Waals surface area contributed by atoms with Gasteiger partial charge in [-0.15, -0.1) is 0 Å². The van der Waals surface area contributed by atoms with Gasteiger partial charge in [-0.3, -0.25) is 4.68 Å². The zero-order valence-electron chi connectivity index (χ0n) is 13.3. The lowest BCUT2D eigenvalue weighted by molar-refractivity contribution is 0.528. The molecule has 21 heavy (non-hydrogen) atoms. The Morgan fingerprint density at radius 1 is 1.24 bits per heavy atom. The number of likely N-dealkylation sites (N-methyl/N-ethyl adjacent to an activating group) is 1. The van der Waals surface area contributed by atoms with Crippen LogP contribution in [0.3, 0.4) is 0 Å². The van der Waals surface area contributed by atoms with Crippen LogP contribution in [0.25, 0.3) is 0 Å². The smallest absolute Gasteiger partial charge is 0.0596 e. The molecule has 1 aliphatic rings. The van der Waals surface area contributed by atoms with E-state index in [1.54, 1.807) is 11.1 Å². The average molecular weight is 283 g/mol. The molecule has 3 nitrogen and oxygen atoms in total. The highest BCUT2D eigenvalue weighted by atomic mass is 15.3. The Morgan fingerprint density at radius 3 is 2.76 bits per heavy atom. The van der Waals surface area contributed by atoms with Crippen molar-refractivity contribution in [3.63, 3.8) is 0 Å². The Labute approximate surface area is 127 Å². The summed E-state index contributed by atoms with van der Waals surface area (Å²) < 4.78 is 2.01. The number of aromatic nitrogens is 2. The molecule has 1 N–H and O–H groups in total. The van der Waals surface area contributed by atoms with Crippen molar-refractivity contribution in [3.05, 3.63) is 52.3 Å². The largest absolute Gasteiger partial charge is 0.310 e. The molecule has 0 saturated carbocycles. The van der Waals surface area contributed by atoms with Gasteiger partial charge < -0.3 is 5.32 Å². The van der Waals surface area contributed by atoms with Crippen LogP contribution < -0.4 is 5.32 Å². The lowest BCUT2D eigenvalue weighted by Crippen LogP contribution is -2.24. The van der Waals surface area contributed by atoms with Crippen molar-refractivity contribution >= 4 is 0 Å². The van der Waals surface area contributed by atoms with E-state index < -0.39 is 0 Å². The highest BCUT2D eigenvalue weighted by Crippen LogP contribution is 2.27. The van der Waals surface area contributed by atoms with Crippen LogP contribution in [0, 0.1) is 6.92 Å². The highest BCUT2D eigenvalue weighted by Gasteiger charge is 2.17. The maximum Gasteiger partial charge on any atom is 0.0596 e. The van der Waals surface area contributed by atoms with E-state index in [4.69, 9.17) is 0 Å². The van der Waals surface area contributed by atoms with Gasteiger partial charge in [0.15, 0.2) is 0 Å². The molecule has 0 bridgehead atoms. The van der Waals surface area contributed by atoms with Gasteiger partial charge in [-0.2, -0.15) is 5.10 Å². The second-order valence-corrected chi connectivity index (χ2v) is 6.10. The first kappa shape index (κ1) is 14.3. The number of nitrogens with one attached hydrogen (secondary N) is 1. The van der Waals surface area contributed by atoms with Gasteiger partial charge in [-0.1, -0.05) is 25.1 Å². The maximum absolute atomic E-state index is 4.46. The molecule has 0 aliphatic heterocycles. The number of aryl methyl sites for hydroxylation is 4. The number of nitrogens with zero attached hydrogens (tertiary/aromatic N) is 2. The minimum atomic E-state index is 0.371. The Hall–Kier alpha value is -1.61. The minimum Gasteiger partial charge on any atom is -0.310 e. The van der Waals surface area contributed by atoms with Gasteiger partial charge in [-0.05, 0) is 55.5 Å². The van der Waals surface area contributed by atoms with Gasteiger partial charge >= 0.3 is 0 Å². The summed E-state index contributed by atoms with van der Waals surface area (Å²) in [6.45, 7) is 5.22. The van der Waals surface area contributed by atoms with Crippen molar-refractivity contribution in [2.24, 2.45) is 7.05 Å². The van der Waals surface area contributed by atoms with Crippen molar-refractivity contribution < 1.29 is 0 Å². The average Bonchev–Trinajstić information content (AvgIpc) is 3.04. The quantitative estimate of drug-likeness (QED) is 0.914. The van der Waals surface area contributed by atoms with Crippen molar-refractivity contribution in [1.29, 1.82) is 0 Å². The lowest BCUT2D eigenvalue weighted by atomic mass is 9.97. The number of hydrogen-bond donors (Lipinski definition) is 1. The summed E-state index contributed by atoms with van der Waals surface area (Å²) in [4.78, 5) is 0. The topological polar surface area (TPSA) is 29.9 Å². The molecule has 1 atom stereocenters. The number of hydrogen-bond acceptors (Lipinski definition) is 2. The molecule has 0 amide bonds. The van der Waals surface area contributed by atoms with E-state index >= 15 is 0 Å². The van der Waals surface area contributed by atoms with E-state index in [1.165, 1.54) is 30.5 Å². The van der Waals surface area contributed by atoms with Gasteiger partial charge in [0.25, 0.3) is 0 Å². The molecule has 0 spiro atoms. The first-order valence-corrected chi connectivity index (χ1v) is 8.02. The second-order valence-electron chi connectivity index (χ2n) is 6.10. The van der Waals surface area contributed by atoms with E-state index in [0.29, 0.717) is 6.04 Å². The fourth-order valence-corrected chi connectivity index (χ4v) is 3.43. The SMILES string of the molecule is CCNC(Cc1cc(C)nn1C)c1ccc2c(c1)CCC2. The third-order valence-corrected chi connectivity index (χ3v) is 4.49. The molecule has 3 heteroatoms. The van der Waals surface area contributed by atoms with Crippen LogP contribution in [-0.2, 0) is 26.3 Å². The van der Waals surface area contributed by atoms with Crippen LogP contribution in [-0.4, -0.2) is 16.3 Å². The molecule has 1 unspecified atom stereocenters. The molecule has 1 heterocycles. The summed E-state index contributed by atoms with van der Waals surface area (Å²) in [5, 5.41) is 8.10. The van der Waals surface area contributed by atoms with Gasteiger partial charge in [0, 0.05) is 25.2 Å². The van der Waals surface area contributed by atoms with E-state index in [2.05, 4.69) is 48.5 Å². The van der Waals surface area contributed by atoms with Crippen LogP contribution >= 0.6 is 0 Å². The summed E-state index contributed by atoms with van der Waals surface area (Å²) in [5.74, 6) is 0. The molecule has 1 aromatic heterocycles. The fraction of sp³-hybridized carbons (Fsp3) is 0.500. The summed E-state index contributed by atoms with van der Waals surface area (Å²) in [7, 11) is 2.04. The Kier molecular flexibility index (Phi) is 4.11. The summed E-state index contributed by atoms with van der Waals surface area (Å²) in [5.41, 5.74) is 6.90. The highest BCUT2D eigenvalue weighted by molar-refractivity contribution is 5.37. The van der Waals surface area contributed by atoms with Crippen molar-refractivity contribution in [1.82, 2.24) is 15.1 Å². The van der Waals surface area contributed by atoms with Crippen LogP contribution in [0.4, 0.5) is 0 Å². The van der Waals surface area contributed by atoms with Gasteiger partial charge in [0.1, 0.15) is 0 Å². The number of benzene rings is 1. The predicted molar refractivity (Wildman–Crippen MR) is 86.5 cm³/mol. The lowest BCUT2D eigenvalue weighted by Gasteiger charge is -2.19. The van der Waals surface area contributed by atoms with Crippen LogP contribution in [0.1, 0.15) is 47.5 Å². The van der Waals surface area contributed by atoms with Crippen LogP contribution in [0.5, 0.6) is 0 Å². The van der Waals surface area contributed by atoms with Gasteiger partial charge in [-0.25, -0.2) is 0 Å². The number of fused-ring (bicyclic) bond motifs is 1. The third kappa shape index (κ3) is 3.03. The summed E-state index contributed by atoms with van der Waals surface area (Å²) in [6.07, 6.45) is 4.80. The van der Waals surface area contributed by atoms with Crippen molar-refractivity contribution in [2.75, 3.05) is 6.54 Å². The van der Waals surface area contributed by atoms with E-state index in [0.717, 1.165) is 18.7 Å². The molecule has 2 aromatic rings. The zero-order chi connectivity index (χ0) is 14.8. The van der Waals surface area contributed by atoms with Crippen LogP contribution in [0.2, 0.25) is 0 Å². The molecule has 0 radical (unpaired) electrons. The van der Waals surface area contributed by atoms with Gasteiger partial charge in [0.2, 0.25) is 0 Å². The Morgan fingerprint density at radius 2 is 2.05 bits per heavy atom. The van der Waals surface area contributed by atoms with E-state index in [-0.39, 0.29) is 0 Å². The molecule has 112 valence electrons. The third-order valence-electron chi connectivity index (χ3n) is 4.49. The predicted octanol–water partition coefficient (Wildman–Crippen LogP) is 3.11. The van der Waals surface area contributed by atoms with Gasteiger partial charge in [0.05, 0.1) is 5.69 Å². The molecular formula is C18H25N3. The molecule has 3 rings (SSSR count). The molecule has 1 aliphatic carbocycles. The van der Waals surface area contributed by atoms with Crippen LogP contribution in [0.15, 0.2) is 24.3 Å². The summed E-state index contributed by atoms with van der Waals surface area (Å²) >= 11 is 0. The molecule has 0 fully saturated rings. The fourth-order valence-electron chi connectivity index (χ4n) is 3.43. The minimum absolute atomic E-state index is 0.371.